The van der Waals surface area contributed by atoms with Crippen LogP contribution in [0.2, 0.25) is 10.0 Å². The van der Waals surface area contributed by atoms with E-state index in [1.54, 1.807) is 22.8 Å². The molecular formula is C22H17Cl2N3O2S2. The van der Waals surface area contributed by atoms with Gasteiger partial charge in [-0.25, -0.2) is 4.98 Å². The number of rotatable bonds is 6. The zero-order chi connectivity index (χ0) is 22.0. The van der Waals surface area contributed by atoms with Crippen LogP contribution in [-0.2, 0) is 11.2 Å². The first-order chi connectivity index (χ1) is 15.0. The molecule has 5 nitrogen and oxygen atoms in total. The van der Waals surface area contributed by atoms with Crippen LogP contribution in [-0.4, -0.2) is 21.2 Å². The molecule has 0 unspecified atom stereocenters. The van der Waals surface area contributed by atoms with Gasteiger partial charge in [0, 0.05) is 4.88 Å². The Morgan fingerprint density at radius 2 is 1.94 bits per heavy atom. The minimum Gasteiger partial charge on any atom is -0.324 e. The fraction of sp³-hybridized carbons (Fsp3) is 0.136. The van der Waals surface area contributed by atoms with Gasteiger partial charge in [-0.05, 0) is 36.8 Å². The van der Waals surface area contributed by atoms with Gasteiger partial charge in [0.25, 0.3) is 5.56 Å². The smallest absolute Gasteiger partial charge is 0.267 e. The molecule has 1 N–H and O–H groups in total. The number of thiophene rings is 1. The number of nitrogens with one attached hydrogen (secondary N) is 1. The quantitative estimate of drug-likeness (QED) is 0.264. The second-order valence-corrected chi connectivity index (χ2v) is 9.44. The zero-order valence-electron chi connectivity index (χ0n) is 16.4. The Balaban J connectivity index is 1.67. The van der Waals surface area contributed by atoms with E-state index in [0.29, 0.717) is 31.8 Å². The summed E-state index contributed by atoms with van der Waals surface area (Å²) in [6.07, 6.45) is 0.830. The van der Waals surface area contributed by atoms with Crippen molar-refractivity contribution in [3.05, 3.63) is 79.9 Å². The van der Waals surface area contributed by atoms with Crippen LogP contribution < -0.4 is 10.9 Å². The van der Waals surface area contributed by atoms with Gasteiger partial charge in [-0.15, -0.1) is 11.3 Å². The van der Waals surface area contributed by atoms with Gasteiger partial charge in [-0.3, -0.25) is 14.2 Å². The molecule has 0 aliphatic carbocycles. The number of amides is 1. The maximum absolute atomic E-state index is 13.3. The Labute approximate surface area is 197 Å². The predicted molar refractivity (Wildman–Crippen MR) is 130 cm³/mol. The number of fused-ring (bicyclic) bond motifs is 1. The monoisotopic (exact) mass is 489 g/mol. The van der Waals surface area contributed by atoms with Gasteiger partial charge < -0.3 is 5.32 Å². The molecule has 0 fully saturated rings. The average molecular weight is 490 g/mol. The Morgan fingerprint density at radius 1 is 1.16 bits per heavy atom. The molecule has 31 heavy (non-hydrogen) atoms. The molecular weight excluding hydrogens is 473 g/mol. The molecule has 0 spiro atoms. The third-order valence-corrected chi connectivity index (χ3v) is 7.44. The fourth-order valence-corrected chi connectivity index (χ4v) is 5.17. The van der Waals surface area contributed by atoms with Gasteiger partial charge in [0.15, 0.2) is 5.16 Å². The van der Waals surface area contributed by atoms with Crippen LogP contribution in [0.25, 0.3) is 15.9 Å². The molecule has 4 rings (SSSR count). The molecule has 4 aromatic rings. The molecule has 2 aromatic carbocycles. The summed E-state index contributed by atoms with van der Waals surface area (Å²) in [5.41, 5.74) is 0.995. The van der Waals surface area contributed by atoms with E-state index < -0.39 is 0 Å². The first-order valence-electron chi connectivity index (χ1n) is 9.45. The standard InChI is InChI=1S/C22H17Cl2N3O2S2/c1-2-14-11-15-20(31-14)26-22(27(21(15)29)13-7-4-3-5-8-13)30-12-18(28)25-17-10-6-9-16(23)19(17)24/h3-11H,2,12H2,1H3,(H,25,28). The van der Waals surface area contributed by atoms with E-state index in [1.807, 2.05) is 43.3 Å². The van der Waals surface area contributed by atoms with E-state index in [-0.39, 0.29) is 22.2 Å². The Kier molecular flexibility index (Phi) is 6.67. The molecule has 1 amide bonds. The van der Waals surface area contributed by atoms with Crippen molar-refractivity contribution in [1.82, 2.24) is 9.55 Å². The molecule has 0 bridgehead atoms. The Hall–Kier alpha value is -2.32. The lowest BCUT2D eigenvalue weighted by Gasteiger charge is -2.12. The van der Waals surface area contributed by atoms with Gasteiger partial charge >= 0.3 is 0 Å². The number of thioether (sulfide) groups is 1. The molecule has 0 aliphatic rings. The normalized spacial score (nSPS) is 11.1. The van der Waals surface area contributed by atoms with Gasteiger partial charge in [-0.2, -0.15) is 0 Å². The van der Waals surface area contributed by atoms with Gasteiger partial charge in [0.05, 0.1) is 32.6 Å². The van der Waals surface area contributed by atoms with Crippen molar-refractivity contribution in [2.24, 2.45) is 0 Å². The molecule has 0 saturated carbocycles. The third-order valence-electron chi connectivity index (χ3n) is 4.51. The lowest BCUT2D eigenvalue weighted by molar-refractivity contribution is -0.113. The van der Waals surface area contributed by atoms with Gasteiger partial charge in [-0.1, -0.05) is 66.2 Å². The summed E-state index contributed by atoms with van der Waals surface area (Å²) >= 11 is 14.9. The van der Waals surface area contributed by atoms with E-state index >= 15 is 0 Å². The molecule has 0 radical (unpaired) electrons. The number of anilines is 1. The molecule has 158 valence electrons. The van der Waals surface area contributed by atoms with Crippen LogP contribution in [0.1, 0.15) is 11.8 Å². The number of aromatic nitrogens is 2. The maximum atomic E-state index is 13.3. The topological polar surface area (TPSA) is 64.0 Å². The van der Waals surface area contributed by atoms with E-state index in [9.17, 15) is 9.59 Å². The minimum absolute atomic E-state index is 0.0552. The highest BCUT2D eigenvalue weighted by Crippen LogP contribution is 2.30. The molecule has 0 saturated heterocycles. The van der Waals surface area contributed by atoms with Crippen LogP contribution in [0, 0.1) is 0 Å². The number of para-hydroxylation sites is 1. The number of aryl methyl sites for hydroxylation is 1. The molecule has 2 heterocycles. The minimum atomic E-state index is -0.274. The molecule has 2 aromatic heterocycles. The van der Waals surface area contributed by atoms with Crippen LogP contribution in [0.5, 0.6) is 0 Å². The first-order valence-corrected chi connectivity index (χ1v) is 12.0. The van der Waals surface area contributed by atoms with Crippen molar-refractivity contribution in [2.45, 2.75) is 18.5 Å². The van der Waals surface area contributed by atoms with Crippen molar-refractivity contribution < 1.29 is 4.79 Å². The van der Waals surface area contributed by atoms with Crippen molar-refractivity contribution in [3.8, 4) is 5.69 Å². The summed E-state index contributed by atoms with van der Waals surface area (Å²) in [7, 11) is 0. The van der Waals surface area contributed by atoms with Crippen molar-refractivity contribution in [3.63, 3.8) is 0 Å². The molecule has 0 aliphatic heterocycles. The van der Waals surface area contributed by atoms with Crippen LogP contribution in [0.4, 0.5) is 5.69 Å². The zero-order valence-corrected chi connectivity index (χ0v) is 19.5. The van der Waals surface area contributed by atoms with Crippen LogP contribution in [0.15, 0.2) is 64.5 Å². The van der Waals surface area contributed by atoms with E-state index in [0.717, 1.165) is 11.3 Å². The van der Waals surface area contributed by atoms with Crippen LogP contribution in [0.3, 0.4) is 0 Å². The van der Waals surface area contributed by atoms with E-state index in [1.165, 1.54) is 23.1 Å². The summed E-state index contributed by atoms with van der Waals surface area (Å²) in [6, 6.07) is 16.2. The van der Waals surface area contributed by atoms with Gasteiger partial charge in [0.1, 0.15) is 4.83 Å². The SMILES string of the molecule is CCc1cc2c(=O)n(-c3ccccc3)c(SCC(=O)Nc3cccc(Cl)c3Cl)nc2s1. The number of hydrogen-bond donors (Lipinski definition) is 1. The van der Waals surface area contributed by atoms with Crippen molar-refractivity contribution >= 4 is 68.1 Å². The summed E-state index contributed by atoms with van der Waals surface area (Å²) < 4.78 is 1.55. The molecule has 0 atom stereocenters. The second-order valence-electron chi connectivity index (χ2n) is 6.59. The highest BCUT2D eigenvalue weighted by molar-refractivity contribution is 7.99. The van der Waals surface area contributed by atoms with E-state index in [4.69, 9.17) is 28.2 Å². The summed E-state index contributed by atoms with van der Waals surface area (Å²) in [5.74, 6) is -0.219. The lowest BCUT2D eigenvalue weighted by Crippen LogP contribution is -2.22. The fourth-order valence-electron chi connectivity index (χ4n) is 3.00. The number of carbonyl (C=O) groups is 1. The summed E-state index contributed by atoms with van der Waals surface area (Å²) in [6.45, 7) is 2.04. The largest absolute Gasteiger partial charge is 0.324 e. The van der Waals surface area contributed by atoms with Gasteiger partial charge in [0.2, 0.25) is 5.91 Å². The number of halogens is 2. The summed E-state index contributed by atoms with van der Waals surface area (Å²) in [4.78, 5) is 32.3. The lowest BCUT2D eigenvalue weighted by atomic mass is 10.3. The Morgan fingerprint density at radius 3 is 2.68 bits per heavy atom. The number of benzene rings is 2. The third kappa shape index (κ3) is 4.65. The predicted octanol–water partition coefficient (Wildman–Crippen LogP) is 6.05. The van der Waals surface area contributed by atoms with Crippen molar-refractivity contribution in [2.75, 3.05) is 11.1 Å². The molecule has 9 heteroatoms. The summed E-state index contributed by atoms with van der Waals surface area (Å²) in [5, 5.41) is 4.45. The van der Waals surface area contributed by atoms with Crippen LogP contribution >= 0.6 is 46.3 Å². The van der Waals surface area contributed by atoms with E-state index in [2.05, 4.69) is 5.32 Å². The average Bonchev–Trinajstić information content (AvgIpc) is 3.20. The maximum Gasteiger partial charge on any atom is 0.267 e. The highest BCUT2D eigenvalue weighted by atomic mass is 35.5. The first kappa shape index (κ1) is 21.9. The van der Waals surface area contributed by atoms with Crippen molar-refractivity contribution in [1.29, 1.82) is 0 Å². The highest BCUT2D eigenvalue weighted by Gasteiger charge is 2.17. The second kappa shape index (κ2) is 9.44. The Bertz CT molecular complexity index is 1320. The number of hydrogen-bond acceptors (Lipinski definition) is 5. The number of nitrogens with zero attached hydrogens (tertiary/aromatic N) is 2. The number of carbonyl (C=O) groups excluding carboxylic acids is 1.